The predicted octanol–water partition coefficient (Wildman–Crippen LogP) is 3.00. The van der Waals surface area contributed by atoms with Crippen LogP contribution in [0.1, 0.15) is 20.3 Å². The first-order valence-electron chi connectivity index (χ1n) is 9.75. The maximum Gasteiger partial charge on any atom is 0.307 e. The zero-order valence-corrected chi connectivity index (χ0v) is 19.7. The van der Waals surface area contributed by atoms with Crippen LogP contribution in [0.2, 0.25) is 0 Å². The van der Waals surface area contributed by atoms with Gasteiger partial charge in [0.15, 0.2) is 6.61 Å². The Kier molecular flexibility index (Phi) is 8.88. The minimum absolute atomic E-state index is 0.120. The van der Waals surface area contributed by atoms with Crippen LogP contribution in [0.25, 0.3) is 0 Å². The first kappa shape index (κ1) is 24.7. The van der Waals surface area contributed by atoms with Gasteiger partial charge < -0.3 is 14.4 Å². The Balaban J connectivity index is 1.98. The Bertz CT molecular complexity index is 956. The number of methoxy groups -OCH3 is 1. The highest BCUT2D eigenvalue weighted by Crippen LogP contribution is 2.26. The fourth-order valence-corrected chi connectivity index (χ4v) is 5.12. The second kappa shape index (κ2) is 11.1. The van der Waals surface area contributed by atoms with Crippen molar-refractivity contribution in [3.8, 4) is 5.75 Å². The van der Waals surface area contributed by atoms with Gasteiger partial charge in [-0.05, 0) is 41.6 Å². The van der Waals surface area contributed by atoms with Gasteiger partial charge in [-0.3, -0.25) is 13.9 Å². The van der Waals surface area contributed by atoms with E-state index in [2.05, 4.69) is 4.74 Å². The van der Waals surface area contributed by atoms with Gasteiger partial charge in [-0.1, -0.05) is 19.9 Å². The van der Waals surface area contributed by atoms with Crippen LogP contribution in [0.5, 0.6) is 5.75 Å². The van der Waals surface area contributed by atoms with Gasteiger partial charge in [0.2, 0.25) is 0 Å². The second-order valence-corrected chi connectivity index (χ2v) is 10.4. The summed E-state index contributed by atoms with van der Waals surface area (Å²) in [5, 5.41) is 1.71. The van der Waals surface area contributed by atoms with E-state index in [1.807, 2.05) is 13.8 Å². The Morgan fingerprint density at radius 2 is 1.81 bits per heavy atom. The Labute approximate surface area is 187 Å². The molecule has 1 aromatic heterocycles. The number of hydrogen-bond acceptors (Lipinski definition) is 7. The molecule has 2 rings (SSSR count). The number of esters is 1. The molecule has 1 aromatic carbocycles. The number of sulfonamides is 1. The van der Waals surface area contributed by atoms with Gasteiger partial charge in [-0.25, -0.2) is 8.42 Å². The van der Waals surface area contributed by atoms with Crippen LogP contribution in [0, 0.1) is 5.92 Å². The summed E-state index contributed by atoms with van der Waals surface area (Å²) < 4.78 is 36.9. The fraction of sp³-hybridized carbons (Fsp3) is 0.429. The van der Waals surface area contributed by atoms with E-state index in [1.54, 1.807) is 46.7 Å². The standard InChI is InChI=1S/C21H28N2O6S2/c1-16(2)14-23(12-11-20(25)28-4)19(24)15-29-18-9-7-17(8-10-18)22(3)31(26,27)21-6-5-13-30-21/h5-10,13,16H,11-12,14-15H2,1-4H3. The minimum atomic E-state index is -3.61. The van der Waals surface area contributed by atoms with Gasteiger partial charge in [0.05, 0.1) is 19.2 Å². The number of benzene rings is 1. The van der Waals surface area contributed by atoms with Crippen LogP contribution in [0.3, 0.4) is 0 Å². The molecule has 0 saturated carbocycles. The molecule has 10 heteroatoms. The molecule has 0 fully saturated rings. The van der Waals surface area contributed by atoms with E-state index in [1.165, 1.54) is 18.5 Å². The minimum Gasteiger partial charge on any atom is -0.484 e. The quantitative estimate of drug-likeness (QED) is 0.471. The molecule has 0 aliphatic heterocycles. The van der Waals surface area contributed by atoms with Crippen molar-refractivity contribution in [3.05, 3.63) is 41.8 Å². The molecule has 0 aliphatic carbocycles. The highest BCUT2D eigenvalue weighted by atomic mass is 32.2. The number of amides is 1. The number of rotatable bonds is 11. The lowest BCUT2D eigenvalue weighted by atomic mass is 10.2. The molecule has 0 spiro atoms. The van der Waals surface area contributed by atoms with E-state index in [4.69, 9.17) is 4.74 Å². The van der Waals surface area contributed by atoms with Crippen molar-refractivity contribution < 1.29 is 27.5 Å². The summed E-state index contributed by atoms with van der Waals surface area (Å²) >= 11 is 1.16. The van der Waals surface area contributed by atoms with Gasteiger partial charge >= 0.3 is 5.97 Å². The van der Waals surface area contributed by atoms with Crippen LogP contribution < -0.4 is 9.04 Å². The number of thiophene rings is 1. The topological polar surface area (TPSA) is 93.2 Å². The molecule has 0 atom stereocenters. The Morgan fingerprint density at radius 3 is 2.35 bits per heavy atom. The SMILES string of the molecule is COC(=O)CCN(CC(C)C)C(=O)COc1ccc(N(C)S(=O)(=O)c2cccs2)cc1. The van der Waals surface area contributed by atoms with Crippen molar-refractivity contribution in [1.82, 2.24) is 4.90 Å². The van der Waals surface area contributed by atoms with Gasteiger partial charge in [-0.2, -0.15) is 0 Å². The molecular weight excluding hydrogens is 440 g/mol. The van der Waals surface area contributed by atoms with Crippen molar-refractivity contribution in [2.24, 2.45) is 5.92 Å². The molecule has 2 aromatic rings. The molecule has 0 bridgehead atoms. The molecular formula is C21H28N2O6S2. The molecule has 0 unspecified atom stereocenters. The second-order valence-electron chi connectivity index (χ2n) is 7.25. The lowest BCUT2D eigenvalue weighted by molar-refractivity contribution is -0.142. The maximum absolute atomic E-state index is 12.6. The summed E-state index contributed by atoms with van der Waals surface area (Å²) in [6.07, 6.45) is 0.120. The first-order valence-corrected chi connectivity index (χ1v) is 12.1. The van der Waals surface area contributed by atoms with Gasteiger partial charge in [0.25, 0.3) is 15.9 Å². The summed E-state index contributed by atoms with van der Waals surface area (Å²) in [5.41, 5.74) is 0.478. The Morgan fingerprint density at radius 1 is 1.13 bits per heavy atom. The molecule has 1 amide bonds. The van der Waals surface area contributed by atoms with Crippen molar-refractivity contribution >= 4 is 38.9 Å². The normalized spacial score (nSPS) is 11.3. The van der Waals surface area contributed by atoms with Crippen LogP contribution in [0.15, 0.2) is 46.0 Å². The molecule has 31 heavy (non-hydrogen) atoms. The number of ether oxygens (including phenoxy) is 2. The average molecular weight is 469 g/mol. The molecule has 0 N–H and O–H groups in total. The third-order valence-corrected chi connectivity index (χ3v) is 7.58. The Hall–Kier alpha value is -2.59. The number of nitrogens with zero attached hydrogens (tertiary/aromatic N) is 2. The van der Waals surface area contributed by atoms with Gasteiger partial charge in [0.1, 0.15) is 9.96 Å². The van der Waals surface area contributed by atoms with E-state index < -0.39 is 10.0 Å². The first-order chi connectivity index (χ1) is 14.6. The lowest BCUT2D eigenvalue weighted by Crippen LogP contribution is -2.39. The number of anilines is 1. The van der Waals surface area contributed by atoms with Crippen molar-refractivity contribution in [2.45, 2.75) is 24.5 Å². The van der Waals surface area contributed by atoms with Crippen LogP contribution in [-0.2, 0) is 24.3 Å². The molecule has 1 heterocycles. The van der Waals surface area contributed by atoms with Crippen molar-refractivity contribution in [2.75, 3.05) is 38.2 Å². The van der Waals surface area contributed by atoms with Crippen molar-refractivity contribution in [3.63, 3.8) is 0 Å². The van der Waals surface area contributed by atoms with E-state index in [9.17, 15) is 18.0 Å². The molecule has 8 nitrogen and oxygen atoms in total. The zero-order valence-electron chi connectivity index (χ0n) is 18.1. The highest BCUT2D eigenvalue weighted by Gasteiger charge is 2.22. The lowest BCUT2D eigenvalue weighted by Gasteiger charge is -2.24. The van der Waals surface area contributed by atoms with Gasteiger partial charge in [0, 0.05) is 20.1 Å². The summed E-state index contributed by atoms with van der Waals surface area (Å²) in [7, 11) is -0.815. The van der Waals surface area contributed by atoms with E-state index in [0.29, 0.717) is 18.0 Å². The van der Waals surface area contributed by atoms with E-state index in [0.717, 1.165) is 11.3 Å². The smallest absolute Gasteiger partial charge is 0.307 e. The molecule has 0 saturated heterocycles. The summed E-state index contributed by atoms with van der Waals surface area (Å²) in [6, 6.07) is 9.71. The van der Waals surface area contributed by atoms with Crippen LogP contribution in [-0.4, -0.2) is 59.0 Å². The number of carbonyl (C=O) groups is 2. The molecule has 170 valence electrons. The highest BCUT2D eigenvalue weighted by molar-refractivity contribution is 7.94. The number of hydrogen-bond donors (Lipinski definition) is 0. The summed E-state index contributed by atoms with van der Waals surface area (Å²) in [6.45, 7) is 4.55. The van der Waals surface area contributed by atoms with Crippen LogP contribution >= 0.6 is 11.3 Å². The maximum atomic E-state index is 12.6. The molecule has 0 radical (unpaired) electrons. The summed E-state index contributed by atoms with van der Waals surface area (Å²) in [5.74, 6) is 0.0666. The number of carbonyl (C=O) groups excluding carboxylic acids is 2. The monoisotopic (exact) mass is 468 g/mol. The molecule has 0 aliphatic rings. The van der Waals surface area contributed by atoms with E-state index >= 15 is 0 Å². The van der Waals surface area contributed by atoms with Crippen molar-refractivity contribution in [1.29, 1.82) is 0 Å². The average Bonchev–Trinajstić information content (AvgIpc) is 3.30. The predicted molar refractivity (Wildman–Crippen MR) is 120 cm³/mol. The van der Waals surface area contributed by atoms with Crippen LogP contribution in [0.4, 0.5) is 5.69 Å². The largest absolute Gasteiger partial charge is 0.484 e. The van der Waals surface area contributed by atoms with E-state index in [-0.39, 0.29) is 41.6 Å². The zero-order chi connectivity index (χ0) is 23.0. The summed E-state index contributed by atoms with van der Waals surface area (Å²) in [4.78, 5) is 25.5. The third kappa shape index (κ3) is 6.96. The fourth-order valence-electron chi connectivity index (χ4n) is 2.76. The van der Waals surface area contributed by atoms with Gasteiger partial charge in [-0.15, -0.1) is 11.3 Å². The third-order valence-electron chi connectivity index (χ3n) is 4.42.